The highest BCUT2D eigenvalue weighted by Crippen LogP contribution is 2.28. The maximum Gasteiger partial charge on any atom is 0.177 e. The molecule has 0 saturated carbocycles. The van der Waals surface area contributed by atoms with E-state index in [1.807, 2.05) is 0 Å². The van der Waals surface area contributed by atoms with E-state index in [-0.39, 0.29) is 12.4 Å². The quantitative estimate of drug-likeness (QED) is 0.666. The Kier molecular flexibility index (Phi) is 4.42. The lowest BCUT2D eigenvalue weighted by Gasteiger charge is -2.44. The lowest BCUT2D eigenvalue weighted by Crippen LogP contribution is -2.62. The molecule has 2 heterocycles. The molecule has 0 aliphatic carbocycles. The van der Waals surface area contributed by atoms with Crippen molar-refractivity contribution in [1.29, 1.82) is 0 Å². The average Bonchev–Trinajstić information content (AvgIpc) is 2.51. The number of ether oxygens (including phenoxy) is 3. The van der Waals surface area contributed by atoms with Crippen LogP contribution in [0.2, 0.25) is 0 Å². The van der Waals surface area contributed by atoms with Crippen molar-refractivity contribution in [2.75, 3.05) is 6.61 Å². The summed E-state index contributed by atoms with van der Waals surface area (Å²) in [5.74, 6) is 0.0770. The molecule has 3 N–H and O–H groups in total. The third-order valence-electron chi connectivity index (χ3n) is 3.80. The number of aromatic hydroxyl groups is 1. The number of rotatable bonds is 2. The van der Waals surface area contributed by atoms with Crippen molar-refractivity contribution >= 4 is 6.21 Å². The van der Waals surface area contributed by atoms with Gasteiger partial charge in [-0.3, -0.25) is 4.99 Å². The van der Waals surface area contributed by atoms with E-state index >= 15 is 0 Å². The zero-order valence-corrected chi connectivity index (χ0v) is 12.1. The summed E-state index contributed by atoms with van der Waals surface area (Å²) >= 11 is 0. The number of para-hydroxylation sites is 1. The van der Waals surface area contributed by atoms with Crippen LogP contribution in [0.1, 0.15) is 12.5 Å². The van der Waals surface area contributed by atoms with Crippen molar-refractivity contribution < 1.29 is 29.5 Å². The Labute approximate surface area is 127 Å². The average molecular weight is 309 g/mol. The summed E-state index contributed by atoms with van der Waals surface area (Å²) < 4.78 is 16.4. The van der Waals surface area contributed by atoms with Crippen LogP contribution in [0.5, 0.6) is 5.75 Å². The van der Waals surface area contributed by atoms with E-state index in [4.69, 9.17) is 14.2 Å². The Morgan fingerprint density at radius 2 is 1.95 bits per heavy atom. The number of nitrogens with zero attached hydrogens (tertiary/aromatic N) is 1. The Hall–Kier alpha value is -1.51. The van der Waals surface area contributed by atoms with Crippen LogP contribution in [0.25, 0.3) is 0 Å². The van der Waals surface area contributed by atoms with Crippen LogP contribution >= 0.6 is 0 Å². The number of hydrogen-bond donors (Lipinski definition) is 3. The molecule has 22 heavy (non-hydrogen) atoms. The number of aliphatic hydroxyl groups is 2. The topological polar surface area (TPSA) is 101 Å². The van der Waals surface area contributed by atoms with Crippen LogP contribution in [0.3, 0.4) is 0 Å². The van der Waals surface area contributed by atoms with Gasteiger partial charge in [-0.2, -0.15) is 0 Å². The fourth-order valence-corrected chi connectivity index (χ4v) is 2.59. The largest absolute Gasteiger partial charge is 0.507 e. The molecule has 7 heteroatoms. The van der Waals surface area contributed by atoms with Gasteiger partial charge in [-0.05, 0) is 19.1 Å². The normalized spacial score (nSPS) is 38.9. The van der Waals surface area contributed by atoms with Gasteiger partial charge >= 0.3 is 0 Å². The van der Waals surface area contributed by atoms with E-state index in [2.05, 4.69) is 4.99 Å². The third-order valence-corrected chi connectivity index (χ3v) is 3.80. The Bertz CT molecular complexity index is 549. The molecule has 6 atom stereocenters. The predicted octanol–water partition coefficient (Wildman–Crippen LogP) is 0.0192. The van der Waals surface area contributed by atoms with E-state index in [0.29, 0.717) is 5.56 Å². The minimum atomic E-state index is -1.21. The second kappa shape index (κ2) is 6.31. The molecule has 0 spiro atoms. The van der Waals surface area contributed by atoms with Crippen LogP contribution in [0.15, 0.2) is 29.3 Å². The highest BCUT2D eigenvalue weighted by Gasteiger charge is 2.47. The first-order valence-electron chi connectivity index (χ1n) is 7.16. The van der Waals surface area contributed by atoms with E-state index in [9.17, 15) is 15.3 Å². The molecule has 6 unspecified atom stereocenters. The highest BCUT2D eigenvalue weighted by atomic mass is 16.7. The molecule has 1 aromatic carbocycles. The lowest BCUT2D eigenvalue weighted by atomic mass is 9.97. The second-order valence-electron chi connectivity index (χ2n) is 5.38. The summed E-state index contributed by atoms with van der Waals surface area (Å²) in [6, 6.07) is 6.68. The van der Waals surface area contributed by atoms with Crippen LogP contribution in [0.4, 0.5) is 0 Å². The maximum absolute atomic E-state index is 10.2. The number of hydrogen-bond acceptors (Lipinski definition) is 7. The summed E-state index contributed by atoms with van der Waals surface area (Å²) in [6.07, 6.45) is -3.46. The van der Waals surface area contributed by atoms with E-state index in [0.717, 1.165) is 0 Å². The van der Waals surface area contributed by atoms with Gasteiger partial charge in [0.05, 0.1) is 6.61 Å². The SMILES string of the molecule is CC1OCC2OC(/N=C/c3ccccc3O)C(O)C(O)C2O1. The molecular weight excluding hydrogens is 290 g/mol. The van der Waals surface area contributed by atoms with Gasteiger partial charge < -0.3 is 29.5 Å². The van der Waals surface area contributed by atoms with E-state index in [1.165, 1.54) is 12.3 Å². The molecule has 2 saturated heterocycles. The summed E-state index contributed by atoms with van der Waals surface area (Å²) in [4.78, 5) is 4.13. The van der Waals surface area contributed by atoms with Crippen molar-refractivity contribution in [1.82, 2.24) is 0 Å². The Morgan fingerprint density at radius 3 is 2.73 bits per heavy atom. The minimum Gasteiger partial charge on any atom is -0.507 e. The molecule has 0 aromatic heterocycles. The first kappa shape index (κ1) is 15.4. The van der Waals surface area contributed by atoms with Crippen molar-refractivity contribution in [3.05, 3.63) is 29.8 Å². The molecule has 2 aliphatic heterocycles. The fourth-order valence-electron chi connectivity index (χ4n) is 2.59. The minimum absolute atomic E-state index is 0.0770. The number of phenols is 1. The zero-order valence-electron chi connectivity index (χ0n) is 12.1. The van der Waals surface area contributed by atoms with Crippen LogP contribution < -0.4 is 0 Å². The van der Waals surface area contributed by atoms with Gasteiger partial charge in [0.1, 0.15) is 30.2 Å². The highest BCUT2D eigenvalue weighted by molar-refractivity contribution is 5.83. The summed E-state index contributed by atoms with van der Waals surface area (Å²) in [7, 11) is 0. The second-order valence-corrected chi connectivity index (χ2v) is 5.38. The molecule has 3 rings (SSSR count). The fraction of sp³-hybridized carbons (Fsp3) is 0.533. The number of benzene rings is 1. The zero-order chi connectivity index (χ0) is 15.7. The van der Waals surface area contributed by atoms with Crippen molar-refractivity contribution in [2.45, 2.75) is 43.9 Å². The van der Waals surface area contributed by atoms with Crippen LogP contribution in [-0.2, 0) is 14.2 Å². The molecule has 0 amide bonds. The van der Waals surface area contributed by atoms with Crippen molar-refractivity contribution in [2.24, 2.45) is 4.99 Å². The van der Waals surface area contributed by atoms with Crippen molar-refractivity contribution in [3.63, 3.8) is 0 Å². The van der Waals surface area contributed by atoms with E-state index < -0.39 is 36.9 Å². The first-order chi connectivity index (χ1) is 10.6. The number of phenolic OH excluding ortho intramolecular Hbond substituents is 1. The number of fused-ring (bicyclic) bond motifs is 1. The van der Waals surface area contributed by atoms with Gasteiger partial charge in [0.2, 0.25) is 0 Å². The summed E-state index contributed by atoms with van der Waals surface area (Å²) in [5.41, 5.74) is 0.500. The summed E-state index contributed by atoms with van der Waals surface area (Å²) in [6.45, 7) is 1.98. The van der Waals surface area contributed by atoms with Gasteiger partial charge in [-0.25, -0.2) is 0 Å². The molecule has 0 bridgehead atoms. The molecule has 120 valence electrons. The van der Waals surface area contributed by atoms with Gasteiger partial charge in [0, 0.05) is 11.8 Å². The standard InChI is InChI=1S/C15H19NO6/c1-8-20-7-11-14(21-8)12(18)13(19)15(22-11)16-6-9-4-2-3-5-10(9)17/h2-6,8,11-15,17-19H,7H2,1H3/b16-6+. The summed E-state index contributed by atoms with van der Waals surface area (Å²) in [5, 5.41) is 30.0. The van der Waals surface area contributed by atoms with Gasteiger partial charge in [-0.15, -0.1) is 0 Å². The van der Waals surface area contributed by atoms with Crippen LogP contribution in [-0.4, -0.2) is 65.1 Å². The van der Waals surface area contributed by atoms with Gasteiger partial charge in [-0.1, -0.05) is 12.1 Å². The lowest BCUT2D eigenvalue weighted by molar-refractivity contribution is -0.319. The Morgan fingerprint density at radius 1 is 1.18 bits per heavy atom. The molecule has 2 fully saturated rings. The van der Waals surface area contributed by atoms with E-state index in [1.54, 1.807) is 25.1 Å². The Balaban J connectivity index is 1.74. The molecular formula is C15H19NO6. The first-order valence-corrected chi connectivity index (χ1v) is 7.16. The molecule has 1 aromatic rings. The molecule has 2 aliphatic rings. The number of aliphatic hydroxyl groups excluding tert-OH is 2. The third kappa shape index (κ3) is 2.99. The molecule has 0 radical (unpaired) electrons. The molecule has 7 nitrogen and oxygen atoms in total. The van der Waals surface area contributed by atoms with Crippen LogP contribution in [0, 0.1) is 0 Å². The number of aliphatic imine (C=N–C) groups is 1. The van der Waals surface area contributed by atoms with Gasteiger partial charge in [0.15, 0.2) is 12.5 Å². The predicted molar refractivity (Wildman–Crippen MR) is 76.7 cm³/mol. The van der Waals surface area contributed by atoms with Gasteiger partial charge in [0.25, 0.3) is 0 Å². The monoisotopic (exact) mass is 309 g/mol. The smallest absolute Gasteiger partial charge is 0.177 e. The maximum atomic E-state index is 10.2. The van der Waals surface area contributed by atoms with Crippen molar-refractivity contribution in [3.8, 4) is 5.75 Å².